The van der Waals surface area contributed by atoms with Gasteiger partial charge in [-0.25, -0.2) is 4.98 Å². The van der Waals surface area contributed by atoms with Crippen LogP contribution in [0, 0.1) is 0 Å². The van der Waals surface area contributed by atoms with E-state index in [0.29, 0.717) is 5.56 Å². The molecule has 2 heterocycles. The number of carbonyl (C=O) groups excluding carboxylic acids is 1. The summed E-state index contributed by atoms with van der Waals surface area (Å²) in [6.45, 7) is 2.25. The van der Waals surface area contributed by atoms with Gasteiger partial charge in [0.1, 0.15) is 0 Å². The summed E-state index contributed by atoms with van der Waals surface area (Å²) in [7, 11) is 5.77. The molecule has 0 spiro atoms. The van der Waals surface area contributed by atoms with Gasteiger partial charge in [0.2, 0.25) is 0 Å². The Morgan fingerprint density at radius 2 is 2.00 bits per heavy atom. The van der Waals surface area contributed by atoms with Crippen LogP contribution in [-0.4, -0.2) is 65.7 Å². The normalized spacial score (nSPS) is 15.8. The van der Waals surface area contributed by atoms with Crippen molar-refractivity contribution in [2.24, 2.45) is 0 Å². The molecule has 6 heteroatoms. The van der Waals surface area contributed by atoms with Gasteiger partial charge in [0.25, 0.3) is 5.91 Å². The predicted molar refractivity (Wildman–Crippen MR) is 96.9 cm³/mol. The fourth-order valence-electron chi connectivity index (χ4n) is 3.25. The van der Waals surface area contributed by atoms with Gasteiger partial charge in [-0.3, -0.25) is 4.79 Å². The third-order valence-electron chi connectivity index (χ3n) is 4.59. The van der Waals surface area contributed by atoms with Crippen LogP contribution in [0.25, 0.3) is 5.69 Å². The molecule has 0 saturated carbocycles. The lowest BCUT2D eigenvalue weighted by atomic mass is 10.1. The molecule has 0 radical (unpaired) electrons. The minimum Gasteiger partial charge on any atom is -0.381 e. The van der Waals surface area contributed by atoms with Crippen LogP contribution in [0.5, 0.6) is 0 Å². The highest BCUT2D eigenvalue weighted by atomic mass is 16.5. The van der Waals surface area contributed by atoms with Crippen LogP contribution >= 0.6 is 0 Å². The van der Waals surface area contributed by atoms with Crippen molar-refractivity contribution in [3.05, 3.63) is 48.0 Å². The Hall–Kier alpha value is -2.18. The molecule has 1 aliphatic rings. The van der Waals surface area contributed by atoms with Crippen molar-refractivity contribution in [1.29, 1.82) is 0 Å². The Labute approximate surface area is 149 Å². The monoisotopic (exact) mass is 342 g/mol. The van der Waals surface area contributed by atoms with E-state index in [1.54, 1.807) is 13.4 Å². The summed E-state index contributed by atoms with van der Waals surface area (Å²) in [5, 5.41) is 0. The highest BCUT2D eigenvalue weighted by molar-refractivity contribution is 5.97. The molecule has 1 amide bonds. The summed E-state index contributed by atoms with van der Waals surface area (Å²) in [6, 6.07) is 7.73. The van der Waals surface area contributed by atoms with Crippen molar-refractivity contribution in [3.63, 3.8) is 0 Å². The minimum atomic E-state index is 0.0769. The van der Waals surface area contributed by atoms with Crippen molar-refractivity contribution < 1.29 is 9.53 Å². The topological polar surface area (TPSA) is 50.6 Å². The molecule has 1 fully saturated rings. The molecule has 6 nitrogen and oxygen atoms in total. The number of carbonyl (C=O) groups is 1. The van der Waals surface area contributed by atoms with Crippen molar-refractivity contribution in [2.75, 3.05) is 34.3 Å². The number of imidazole rings is 1. The van der Waals surface area contributed by atoms with Crippen molar-refractivity contribution >= 4 is 5.91 Å². The highest BCUT2D eigenvalue weighted by Crippen LogP contribution is 2.20. The molecule has 1 saturated heterocycles. The average Bonchev–Trinajstić information content (AvgIpc) is 3.09. The molecular weight excluding hydrogens is 316 g/mol. The molecule has 134 valence electrons. The first-order chi connectivity index (χ1) is 12.1. The second kappa shape index (κ2) is 7.80. The predicted octanol–water partition coefficient (Wildman–Crippen LogP) is 2.18. The number of ether oxygens (including phenoxy) is 1. The molecule has 1 aromatic carbocycles. The van der Waals surface area contributed by atoms with Gasteiger partial charge < -0.3 is 19.1 Å². The molecular formula is C19H26N4O2. The van der Waals surface area contributed by atoms with E-state index in [-0.39, 0.29) is 12.0 Å². The van der Waals surface area contributed by atoms with Crippen LogP contribution in [-0.2, 0) is 11.3 Å². The minimum absolute atomic E-state index is 0.0769. The standard InChI is InChI=1S/C19H26N4O2/c1-21(2)12-15-13-23(14-20-15)18-7-5-4-6-17(18)19(24)22-10-8-16(25-3)9-11-22/h4-7,13-14,16H,8-12H2,1-3H3. The Balaban J connectivity index is 1.81. The molecule has 0 atom stereocenters. The van der Waals surface area contributed by atoms with Gasteiger partial charge in [0, 0.05) is 32.9 Å². The molecule has 1 aliphatic heterocycles. The smallest absolute Gasteiger partial charge is 0.255 e. The summed E-state index contributed by atoms with van der Waals surface area (Å²) >= 11 is 0. The van der Waals surface area contributed by atoms with E-state index in [4.69, 9.17) is 4.74 Å². The first-order valence-corrected chi connectivity index (χ1v) is 8.67. The summed E-state index contributed by atoms with van der Waals surface area (Å²) in [4.78, 5) is 21.5. The number of methoxy groups -OCH3 is 1. The number of hydrogen-bond acceptors (Lipinski definition) is 4. The lowest BCUT2D eigenvalue weighted by Crippen LogP contribution is -2.40. The molecule has 0 unspecified atom stereocenters. The van der Waals surface area contributed by atoms with Crippen molar-refractivity contribution in [3.8, 4) is 5.69 Å². The number of rotatable bonds is 5. The Kier molecular flexibility index (Phi) is 5.50. The van der Waals surface area contributed by atoms with Gasteiger partial charge in [-0.1, -0.05) is 12.1 Å². The van der Waals surface area contributed by atoms with Crippen molar-refractivity contribution in [1.82, 2.24) is 19.4 Å². The quantitative estimate of drug-likeness (QED) is 0.836. The molecule has 0 N–H and O–H groups in total. The van der Waals surface area contributed by atoms with Crippen LogP contribution in [0.4, 0.5) is 0 Å². The Bertz CT molecular complexity index is 718. The zero-order chi connectivity index (χ0) is 17.8. The second-order valence-corrected chi connectivity index (χ2v) is 6.75. The molecule has 3 rings (SSSR count). The molecule has 0 aliphatic carbocycles. The van der Waals surface area contributed by atoms with Gasteiger partial charge in [0.05, 0.1) is 29.4 Å². The van der Waals surface area contributed by atoms with Crippen LogP contribution in [0.15, 0.2) is 36.8 Å². The van der Waals surface area contributed by atoms with Gasteiger partial charge in [-0.05, 0) is 39.1 Å². The number of para-hydroxylation sites is 1. The van der Waals surface area contributed by atoms with Crippen molar-refractivity contribution in [2.45, 2.75) is 25.5 Å². The van der Waals surface area contributed by atoms with Crippen LogP contribution in [0.3, 0.4) is 0 Å². The lowest BCUT2D eigenvalue weighted by Gasteiger charge is -2.31. The molecule has 25 heavy (non-hydrogen) atoms. The maximum absolute atomic E-state index is 13.0. The first-order valence-electron chi connectivity index (χ1n) is 8.67. The maximum Gasteiger partial charge on any atom is 0.255 e. The largest absolute Gasteiger partial charge is 0.381 e. The summed E-state index contributed by atoms with van der Waals surface area (Å²) in [5.41, 5.74) is 2.57. The van der Waals surface area contributed by atoms with E-state index >= 15 is 0 Å². The molecule has 0 bridgehead atoms. The van der Waals surface area contributed by atoms with Gasteiger partial charge in [-0.2, -0.15) is 0 Å². The van der Waals surface area contributed by atoms with Gasteiger partial charge in [0.15, 0.2) is 0 Å². The number of amides is 1. The molecule has 2 aromatic rings. The van der Waals surface area contributed by atoms with E-state index in [0.717, 1.165) is 43.9 Å². The van der Waals surface area contributed by atoms with E-state index in [2.05, 4.69) is 9.88 Å². The number of hydrogen-bond donors (Lipinski definition) is 0. The number of nitrogens with zero attached hydrogens (tertiary/aromatic N) is 4. The highest BCUT2D eigenvalue weighted by Gasteiger charge is 2.25. The van der Waals surface area contributed by atoms with E-state index < -0.39 is 0 Å². The van der Waals surface area contributed by atoms with E-state index in [1.165, 1.54) is 0 Å². The second-order valence-electron chi connectivity index (χ2n) is 6.75. The number of piperidine rings is 1. The average molecular weight is 342 g/mol. The zero-order valence-corrected chi connectivity index (χ0v) is 15.2. The van der Waals surface area contributed by atoms with Crippen LogP contribution < -0.4 is 0 Å². The third kappa shape index (κ3) is 4.08. The third-order valence-corrected chi connectivity index (χ3v) is 4.59. The summed E-state index contributed by atoms with van der Waals surface area (Å²) in [6.07, 6.45) is 5.82. The zero-order valence-electron chi connectivity index (χ0n) is 15.2. The number of aromatic nitrogens is 2. The fraction of sp³-hybridized carbons (Fsp3) is 0.474. The number of benzene rings is 1. The van der Waals surface area contributed by atoms with Crippen LogP contribution in [0.2, 0.25) is 0 Å². The van der Waals surface area contributed by atoms with E-state index in [9.17, 15) is 4.79 Å². The van der Waals surface area contributed by atoms with Crippen LogP contribution in [0.1, 0.15) is 28.9 Å². The first kappa shape index (κ1) is 17.6. The summed E-state index contributed by atoms with van der Waals surface area (Å²) < 4.78 is 7.34. The van der Waals surface area contributed by atoms with Gasteiger partial charge in [-0.15, -0.1) is 0 Å². The Morgan fingerprint density at radius 1 is 1.28 bits per heavy atom. The maximum atomic E-state index is 13.0. The fourth-order valence-corrected chi connectivity index (χ4v) is 3.25. The number of likely N-dealkylation sites (tertiary alicyclic amines) is 1. The lowest BCUT2D eigenvalue weighted by molar-refractivity contribution is 0.0351. The summed E-state index contributed by atoms with van der Waals surface area (Å²) in [5.74, 6) is 0.0769. The SMILES string of the molecule is COC1CCN(C(=O)c2ccccc2-n2cnc(CN(C)C)c2)CC1. The Morgan fingerprint density at radius 3 is 2.68 bits per heavy atom. The van der Waals surface area contributed by atoms with Gasteiger partial charge >= 0.3 is 0 Å². The van der Waals surface area contributed by atoms with E-state index in [1.807, 2.05) is 54.0 Å². The molecule has 1 aromatic heterocycles.